The number of carbonyl (C=O) groups excluding carboxylic acids is 2. The minimum atomic E-state index is -0.589. The molecule has 0 saturated carbocycles. The first-order chi connectivity index (χ1) is 14.3. The van der Waals surface area contributed by atoms with Gasteiger partial charge in [0, 0.05) is 24.5 Å². The van der Waals surface area contributed by atoms with Crippen molar-refractivity contribution in [3.05, 3.63) is 64.7 Å². The summed E-state index contributed by atoms with van der Waals surface area (Å²) in [7, 11) is 1.60. The van der Waals surface area contributed by atoms with Gasteiger partial charge in [0.15, 0.2) is 0 Å². The van der Waals surface area contributed by atoms with Crippen LogP contribution in [0.3, 0.4) is 0 Å². The zero-order chi connectivity index (χ0) is 22.1. The number of nitrogens with one attached hydrogen (secondary N) is 1. The average molecular weight is 431 g/mol. The van der Waals surface area contributed by atoms with Crippen LogP contribution in [0.15, 0.2) is 48.5 Å². The molecule has 0 aliphatic rings. The number of rotatable bonds is 10. The quantitative estimate of drug-likeness (QED) is 0.605. The number of aryl methyl sites for hydroxylation is 1. The smallest absolute Gasteiger partial charge is 0.242 e. The summed E-state index contributed by atoms with van der Waals surface area (Å²) in [6.45, 7) is 6.74. The van der Waals surface area contributed by atoms with E-state index in [4.69, 9.17) is 16.3 Å². The van der Waals surface area contributed by atoms with E-state index in [2.05, 4.69) is 5.32 Å². The second-order valence-electron chi connectivity index (χ2n) is 7.78. The molecule has 0 saturated heterocycles. The fraction of sp³-hybridized carbons (Fsp3) is 0.417. The standard InChI is InChI=1S/C24H31ClN2O3/c1-17(2)15-26-24(29)18(3)27(16-19-8-7-10-21(14-19)30-4)23(28)13-12-20-9-5-6-11-22(20)25/h5-11,14,17-18H,12-13,15-16H2,1-4H3,(H,26,29)/t18-/m0/s1. The Morgan fingerprint density at radius 1 is 1.10 bits per heavy atom. The molecule has 0 fully saturated rings. The van der Waals surface area contributed by atoms with Gasteiger partial charge < -0.3 is 15.0 Å². The van der Waals surface area contributed by atoms with Crippen LogP contribution in [0.25, 0.3) is 0 Å². The van der Waals surface area contributed by atoms with Crippen molar-refractivity contribution < 1.29 is 14.3 Å². The monoisotopic (exact) mass is 430 g/mol. The van der Waals surface area contributed by atoms with Crippen molar-refractivity contribution in [3.63, 3.8) is 0 Å². The second-order valence-corrected chi connectivity index (χ2v) is 8.19. The fourth-order valence-corrected chi connectivity index (χ4v) is 3.32. The average Bonchev–Trinajstić information content (AvgIpc) is 2.74. The molecule has 2 aromatic rings. The molecule has 0 radical (unpaired) electrons. The minimum absolute atomic E-state index is 0.0927. The summed E-state index contributed by atoms with van der Waals surface area (Å²) in [5, 5.41) is 3.58. The Labute approximate surface area is 184 Å². The zero-order valence-corrected chi connectivity index (χ0v) is 18.9. The lowest BCUT2D eigenvalue weighted by atomic mass is 10.1. The van der Waals surface area contributed by atoms with Crippen molar-refractivity contribution in [1.82, 2.24) is 10.2 Å². The van der Waals surface area contributed by atoms with Gasteiger partial charge in [-0.25, -0.2) is 0 Å². The van der Waals surface area contributed by atoms with Crippen LogP contribution in [0.4, 0.5) is 0 Å². The number of nitrogens with zero attached hydrogens (tertiary/aromatic N) is 1. The van der Waals surface area contributed by atoms with Crippen molar-refractivity contribution in [2.24, 2.45) is 5.92 Å². The Balaban J connectivity index is 2.17. The summed E-state index contributed by atoms with van der Waals surface area (Å²) < 4.78 is 5.29. The highest BCUT2D eigenvalue weighted by molar-refractivity contribution is 6.31. The molecule has 2 rings (SSSR count). The first kappa shape index (κ1) is 23.7. The highest BCUT2D eigenvalue weighted by Gasteiger charge is 2.26. The molecule has 30 heavy (non-hydrogen) atoms. The molecule has 2 amide bonds. The highest BCUT2D eigenvalue weighted by atomic mass is 35.5. The molecule has 162 valence electrons. The number of halogens is 1. The molecule has 0 bridgehead atoms. The van der Waals surface area contributed by atoms with Crippen LogP contribution in [0.5, 0.6) is 5.75 Å². The Kier molecular flexibility index (Phi) is 9.18. The van der Waals surface area contributed by atoms with Crippen molar-refractivity contribution in [2.75, 3.05) is 13.7 Å². The molecule has 1 atom stereocenters. The Hall–Kier alpha value is -2.53. The number of hydrogen-bond donors (Lipinski definition) is 1. The summed E-state index contributed by atoms with van der Waals surface area (Å²) in [6.07, 6.45) is 0.795. The van der Waals surface area contributed by atoms with Crippen molar-refractivity contribution in [1.29, 1.82) is 0 Å². The molecule has 0 aliphatic carbocycles. The van der Waals surface area contributed by atoms with E-state index in [0.717, 1.165) is 11.1 Å². The number of methoxy groups -OCH3 is 1. The van der Waals surface area contributed by atoms with Gasteiger partial charge in [0.2, 0.25) is 11.8 Å². The van der Waals surface area contributed by atoms with Gasteiger partial charge in [-0.05, 0) is 48.6 Å². The number of amides is 2. The maximum absolute atomic E-state index is 13.1. The van der Waals surface area contributed by atoms with Gasteiger partial charge in [-0.2, -0.15) is 0 Å². The molecular formula is C24H31ClN2O3. The SMILES string of the molecule is COc1cccc(CN(C(=O)CCc2ccccc2Cl)[C@@H](C)C(=O)NCC(C)C)c1. The van der Waals surface area contributed by atoms with Crippen LogP contribution in [0.2, 0.25) is 5.02 Å². The van der Waals surface area contributed by atoms with E-state index >= 15 is 0 Å². The summed E-state index contributed by atoms with van der Waals surface area (Å²) in [5.41, 5.74) is 1.83. The summed E-state index contributed by atoms with van der Waals surface area (Å²) in [4.78, 5) is 27.5. The molecule has 0 aromatic heterocycles. The molecule has 2 aromatic carbocycles. The highest BCUT2D eigenvalue weighted by Crippen LogP contribution is 2.20. The van der Waals surface area contributed by atoms with Crippen molar-refractivity contribution in [3.8, 4) is 5.75 Å². The molecule has 6 heteroatoms. The second kappa shape index (κ2) is 11.6. The maximum Gasteiger partial charge on any atom is 0.242 e. The van der Waals surface area contributed by atoms with E-state index in [-0.39, 0.29) is 18.2 Å². The van der Waals surface area contributed by atoms with Gasteiger partial charge >= 0.3 is 0 Å². The summed E-state index contributed by atoms with van der Waals surface area (Å²) in [6, 6.07) is 14.5. The van der Waals surface area contributed by atoms with Crippen LogP contribution in [-0.2, 0) is 22.6 Å². The summed E-state index contributed by atoms with van der Waals surface area (Å²) in [5.74, 6) is 0.805. The number of benzene rings is 2. The lowest BCUT2D eigenvalue weighted by Gasteiger charge is -2.29. The molecule has 0 heterocycles. The van der Waals surface area contributed by atoms with E-state index in [0.29, 0.717) is 36.2 Å². The zero-order valence-electron chi connectivity index (χ0n) is 18.2. The molecule has 0 unspecified atom stereocenters. The Bertz CT molecular complexity index is 854. The maximum atomic E-state index is 13.1. The van der Waals surface area contributed by atoms with Gasteiger partial charge in [-0.1, -0.05) is 55.8 Å². The Morgan fingerprint density at radius 3 is 2.50 bits per heavy atom. The van der Waals surface area contributed by atoms with Crippen LogP contribution in [0.1, 0.15) is 38.3 Å². The summed E-state index contributed by atoms with van der Waals surface area (Å²) >= 11 is 6.23. The van der Waals surface area contributed by atoms with E-state index in [1.54, 1.807) is 18.9 Å². The van der Waals surface area contributed by atoms with E-state index in [1.165, 1.54) is 0 Å². The van der Waals surface area contributed by atoms with E-state index < -0.39 is 6.04 Å². The largest absolute Gasteiger partial charge is 0.497 e. The normalized spacial score (nSPS) is 11.8. The van der Waals surface area contributed by atoms with E-state index in [9.17, 15) is 9.59 Å². The third kappa shape index (κ3) is 7.06. The molecule has 0 spiro atoms. The molecular weight excluding hydrogens is 400 g/mol. The minimum Gasteiger partial charge on any atom is -0.497 e. The van der Waals surface area contributed by atoms with Crippen LogP contribution >= 0.6 is 11.6 Å². The molecule has 5 nitrogen and oxygen atoms in total. The lowest BCUT2D eigenvalue weighted by molar-refractivity contribution is -0.140. The predicted octanol–water partition coefficient (Wildman–Crippen LogP) is 4.47. The first-order valence-corrected chi connectivity index (χ1v) is 10.6. The number of hydrogen-bond acceptors (Lipinski definition) is 3. The van der Waals surface area contributed by atoms with Gasteiger partial charge in [-0.15, -0.1) is 0 Å². The van der Waals surface area contributed by atoms with Gasteiger partial charge in [0.25, 0.3) is 0 Å². The number of ether oxygens (including phenoxy) is 1. The van der Waals surface area contributed by atoms with Crippen LogP contribution in [-0.4, -0.2) is 36.4 Å². The molecule has 0 aliphatic heterocycles. The van der Waals surface area contributed by atoms with Gasteiger partial charge in [-0.3, -0.25) is 9.59 Å². The predicted molar refractivity (Wildman–Crippen MR) is 121 cm³/mol. The fourth-order valence-electron chi connectivity index (χ4n) is 3.09. The van der Waals surface area contributed by atoms with E-state index in [1.807, 2.05) is 62.4 Å². The Morgan fingerprint density at radius 2 is 1.83 bits per heavy atom. The van der Waals surface area contributed by atoms with Crippen molar-refractivity contribution >= 4 is 23.4 Å². The lowest BCUT2D eigenvalue weighted by Crippen LogP contribution is -2.48. The van der Waals surface area contributed by atoms with Gasteiger partial charge in [0.1, 0.15) is 11.8 Å². The van der Waals surface area contributed by atoms with Crippen LogP contribution in [0, 0.1) is 5.92 Å². The van der Waals surface area contributed by atoms with Crippen LogP contribution < -0.4 is 10.1 Å². The third-order valence-electron chi connectivity index (χ3n) is 4.90. The molecule has 1 N–H and O–H groups in total. The topological polar surface area (TPSA) is 58.6 Å². The third-order valence-corrected chi connectivity index (χ3v) is 5.27. The van der Waals surface area contributed by atoms with Crippen molar-refractivity contribution in [2.45, 2.75) is 46.2 Å². The number of carbonyl (C=O) groups is 2. The first-order valence-electron chi connectivity index (χ1n) is 10.2. The van der Waals surface area contributed by atoms with Gasteiger partial charge in [0.05, 0.1) is 7.11 Å².